The molecule has 0 spiro atoms. The Hall–Kier alpha value is -0.210. The highest BCUT2D eigenvalue weighted by Crippen LogP contribution is 2.19. The Kier molecular flexibility index (Phi) is 8.12. The van der Waals surface area contributed by atoms with E-state index in [0.29, 0.717) is 19.1 Å². The number of nitrogens with zero attached hydrogens (tertiary/aromatic N) is 2. The van der Waals surface area contributed by atoms with Crippen LogP contribution in [0.5, 0.6) is 0 Å². The Morgan fingerprint density at radius 2 is 2.05 bits per heavy atom. The van der Waals surface area contributed by atoms with Gasteiger partial charge in [-0.15, -0.1) is 0 Å². The molecule has 1 unspecified atom stereocenters. The molecule has 0 aromatic heterocycles. The van der Waals surface area contributed by atoms with Crippen molar-refractivity contribution in [2.45, 2.75) is 52.1 Å². The molecule has 0 radical (unpaired) electrons. The summed E-state index contributed by atoms with van der Waals surface area (Å²) >= 11 is 0. The fourth-order valence-corrected chi connectivity index (χ4v) is 3.95. The van der Waals surface area contributed by atoms with Crippen LogP contribution >= 0.6 is 0 Å². The van der Waals surface area contributed by atoms with Gasteiger partial charge in [-0.1, -0.05) is 13.3 Å². The van der Waals surface area contributed by atoms with Gasteiger partial charge >= 0.3 is 0 Å². The Morgan fingerprint density at radius 3 is 2.67 bits per heavy atom. The monoisotopic (exact) mass is 320 g/mol. The summed E-state index contributed by atoms with van der Waals surface area (Å²) in [5.41, 5.74) is 0. The van der Waals surface area contributed by atoms with Gasteiger partial charge in [-0.3, -0.25) is 0 Å². The van der Waals surface area contributed by atoms with Crippen molar-refractivity contribution in [2.75, 3.05) is 39.8 Å². The fraction of sp³-hybridized carbons (Fsp3) is 1.00. The Morgan fingerprint density at radius 1 is 1.33 bits per heavy atom. The molecule has 1 heterocycles. The highest BCUT2D eigenvalue weighted by Gasteiger charge is 2.31. The molecule has 7 heteroatoms. The Labute approximate surface area is 130 Å². The van der Waals surface area contributed by atoms with Crippen LogP contribution in [0.4, 0.5) is 0 Å². The second-order valence-corrected chi connectivity index (χ2v) is 7.75. The second kappa shape index (κ2) is 9.05. The van der Waals surface area contributed by atoms with Crippen molar-refractivity contribution in [3.05, 3.63) is 0 Å². The van der Waals surface area contributed by atoms with Crippen molar-refractivity contribution in [1.82, 2.24) is 19.2 Å². The second-order valence-electron chi connectivity index (χ2n) is 6.04. The molecule has 0 aliphatic carbocycles. The zero-order chi connectivity index (χ0) is 15.9. The normalized spacial score (nSPS) is 21.3. The summed E-state index contributed by atoms with van der Waals surface area (Å²) in [5.74, 6) is 0. The molecule has 1 atom stereocenters. The first kappa shape index (κ1) is 18.8. The van der Waals surface area contributed by atoms with E-state index in [-0.39, 0.29) is 6.04 Å². The van der Waals surface area contributed by atoms with Crippen LogP contribution in [-0.4, -0.2) is 69.5 Å². The summed E-state index contributed by atoms with van der Waals surface area (Å²) in [4.78, 5) is 2.13. The molecule has 0 saturated carbocycles. The Balaban J connectivity index is 2.53. The molecule has 21 heavy (non-hydrogen) atoms. The molecular weight excluding hydrogens is 288 g/mol. The van der Waals surface area contributed by atoms with E-state index in [2.05, 4.69) is 28.8 Å². The van der Waals surface area contributed by atoms with Crippen LogP contribution in [0, 0.1) is 0 Å². The van der Waals surface area contributed by atoms with Crippen molar-refractivity contribution in [2.24, 2.45) is 0 Å². The Bertz CT molecular complexity index is 386. The fourth-order valence-electron chi connectivity index (χ4n) is 2.50. The minimum Gasteiger partial charge on any atom is -0.315 e. The van der Waals surface area contributed by atoms with E-state index < -0.39 is 10.2 Å². The van der Waals surface area contributed by atoms with Crippen molar-refractivity contribution in [1.29, 1.82) is 0 Å². The number of hydrogen-bond acceptors (Lipinski definition) is 4. The van der Waals surface area contributed by atoms with E-state index in [1.807, 2.05) is 14.0 Å². The van der Waals surface area contributed by atoms with E-state index in [9.17, 15) is 8.42 Å². The van der Waals surface area contributed by atoms with Gasteiger partial charge in [0.25, 0.3) is 10.2 Å². The van der Waals surface area contributed by atoms with Crippen LogP contribution in [0.15, 0.2) is 0 Å². The third-order valence-electron chi connectivity index (χ3n) is 4.14. The summed E-state index contributed by atoms with van der Waals surface area (Å²) in [6.45, 7) is 9.68. The lowest BCUT2D eigenvalue weighted by molar-refractivity contribution is 0.241. The molecule has 0 bridgehead atoms. The van der Waals surface area contributed by atoms with Crippen molar-refractivity contribution in [3.63, 3.8) is 0 Å². The quantitative estimate of drug-likeness (QED) is 0.654. The molecule has 1 rings (SSSR count). The van der Waals surface area contributed by atoms with Gasteiger partial charge in [0, 0.05) is 38.3 Å². The van der Waals surface area contributed by atoms with Crippen LogP contribution < -0.4 is 10.0 Å². The largest absolute Gasteiger partial charge is 0.315 e. The standard InChI is InChI=1S/C14H32N4O2S/c1-5-15-12-14-8-6-7-10-18(14)21(19,20)16-9-11-17(4)13(2)3/h13-16H,5-12H2,1-4H3. The SMILES string of the molecule is CCNCC1CCCCN1S(=O)(=O)NCCN(C)C(C)C. The van der Waals surface area contributed by atoms with Gasteiger partial charge in [0.1, 0.15) is 0 Å². The highest BCUT2D eigenvalue weighted by atomic mass is 32.2. The first-order chi connectivity index (χ1) is 9.88. The summed E-state index contributed by atoms with van der Waals surface area (Å²) in [7, 11) is -1.36. The summed E-state index contributed by atoms with van der Waals surface area (Å²) < 4.78 is 29.4. The first-order valence-corrected chi connectivity index (χ1v) is 9.50. The number of likely N-dealkylation sites (N-methyl/N-ethyl adjacent to an activating group) is 2. The minimum absolute atomic E-state index is 0.0824. The van der Waals surface area contributed by atoms with Gasteiger partial charge < -0.3 is 10.2 Å². The topological polar surface area (TPSA) is 64.7 Å². The molecule has 1 fully saturated rings. The lowest BCUT2D eigenvalue weighted by Gasteiger charge is -2.35. The van der Waals surface area contributed by atoms with Gasteiger partial charge in [-0.2, -0.15) is 12.7 Å². The predicted octanol–water partition coefficient (Wildman–Crippen LogP) is 0.625. The van der Waals surface area contributed by atoms with Gasteiger partial charge in [0.05, 0.1) is 0 Å². The average Bonchev–Trinajstić information content (AvgIpc) is 2.45. The first-order valence-electron chi connectivity index (χ1n) is 8.06. The number of piperidine rings is 1. The zero-order valence-corrected chi connectivity index (χ0v) is 14.7. The average molecular weight is 321 g/mol. The van der Waals surface area contributed by atoms with Gasteiger partial charge in [0.15, 0.2) is 0 Å². The lowest BCUT2D eigenvalue weighted by atomic mass is 10.1. The van der Waals surface area contributed by atoms with Crippen LogP contribution in [-0.2, 0) is 10.2 Å². The molecule has 0 aromatic carbocycles. The summed E-state index contributed by atoms with van der Waals surface area (Å²) in [6.07, 6.45) is 3.01. The number of hydrogen-bond donors (Lipinski definition) is 2. The molecule has 1 aliphatic heterocycles. The third-order valence-corrected chi connectivity index (χ3v) is 5.81. The smallest absolute Gasteiger partial charge is 0.279 e. The molecule has 2 N–H and O–H groups in total. The maximum atomic E-state index is 12.5. The van der Waals surface area contributed by atoms with Gasteiger partial charge in [-0.05, 0) is 40.3 Å². The van der Waals surface area contributed by atoms with E-state index >= 15 is 0 Å². The predicted molar refractivity (Wildman–Crippen MR) is 87.6 cm³/mol. The molecule has 1 aliphatic rings. The van der Waals surface area contributed by atoms with Crippen LogP contribution in [0.1, 0.15) is 40.0 Å². The summed E-state index contributed by atoms with van der Waals surface area (Å²) in [5, 5.41) is 3.27. The van der Waals surface area contributed by atoms with Gasteiger partial charge in [-0.25, -0.2) is 4.72 Å². The summed E-state index contributed by atoms with van der Waals surface area (Å²) in [6, 6.07) is 0.505. The van der Waals surface area contributed by atoms with Gasteiger partial charge in [0.2, 0.25) is 0 Å². The number of nitrogens with one attached hydrogen (secondary N) is 2. The molecule has 1 saturated heterocycles. The van der Waals surface area contributed by atoms with Crippen molar-refractivity contribution in [3.8, 4) is 0 Å². The molecular formula is C14H32N4O2S. The van der Waals surface area contributed by atoms with E-state index in [1.54, 1.807) is 4.31 Å². The van der Waals surface area contributed by atoms with E-state index in [0.717, 1.165) is 38.9 Å². The van der Waals surface area contributed by atoms with Crippen LogP contribution in [0.2, 0.25) is 0 Å². The molecule has 0 amide bonds. The number of rotatable bonds is 9. The molecule has 126 valence electrons. The molecule has 0 aromatic rings. The lowest BCUT2D eigenvalue weighted by Crippen LogP contribution is -2.53. The van der Waals surface area contributed by atoms with Crippen LogP contribution in [0.25, 0.3) is 0 Å². The molecule has 6 nitrogen and oxygen atoms in total. The third kappa shape index (κ3) is 6.20. The van der Waals surface area contributed by atoms with Crippen LogP contribution in [0.3, 0.4) is 0 Å². The maximum absolute atomic E-state index is 12.5. The minimum atomic E-state index is -3.37. The van der Waals surface area contributed by atoms with Crippen molar-refractivity contribution < 1.29 is 8.42 Å². The van der Waals surface area contributed by atoms with E-state index in [1.165, 1.54) is 0 Å². The highest BCUT2D eigenvalue weighted by molar-refractivity contribution is 7.87. The van der Waals surface area contributed by atoms with E-state index in [4.69, 9.17) is 0 Å². The van der Waals surface area contributed by atoms with Crippen molar-refractivity contribution >= 4 is 10.2 Å². The zero-order valence-electron chi connectivity index (χ0n) is 13.9. The maximum Gasteiger partial charge on any atom is 0.279 e.